The first-order chi connectivity index (χ1) is 7.11. The number of aliphatic hydroxyl groups excluding tert-OH is 2. The van der Waals surface area contributed by atoms with Crippen molar-refractivity contribution in [2.24, 2.45) is 0 Å². The van der Waals surface area contributed by atoms with E-state index in [0.717, 1.165) is 19.3 Å². The highest BCUT2D eigenvalue weighted by Gasteiger charge is 2.15. The minimum atomic E-state index is -0.823. The number of nitrogens with one attached hydrogen (secondary N) is 1. The van der Waals surface area contributed by atoms with Gasteiger partial charge in [-0.1, -0.05) is 31.9 Å². The summed E-state index contributed by atoms with van der Waals surface area (Å²) in [5.41, 5.74) is 0. The molecule has 0 heterocycles. The van der Waals surface area contributed by atoms with Crippen molar-refractivity contribution < 1.29 is 15.0 Å². The third kappa shape index (κ3) is 7.11. The number of hydrogen-bond donors (Lipinski definition) is 3. The zero-order valence-electron chi connectivity index (χ0n) is 9.44. The van der Waals surface area contributed by atoms with Crippen LogP contribution in [0.4, 0.5) is 0 Å². The third-order valence-electron chi connectivity index (χ3n) is 2.06. The minimum Gasteiger partial charge on any atom is -0.394 e. The molecule has 0 rings (SSSR count). The highest BCUT2D eigenvalue weighted by atomic mass is 16.3. The second-order valence-corrected chi connectivity index (χ2v) is 3.55. The zero-order valence-corrected chi connectivity index (χ0v) is 9.44. The smallest absolute Gasteiger partial charge is 0.217 e. The van der Waals surface area contributed by atoms with Crippen LogP contribution in [0.25, 0.3) is 0 Å². The van der Waals surface area contributed by atoms with Crippen LogP contribution in [-0.2, 0) is 4.79 Å². The predicted molar refractivity (Wildman–Crippen MR) is 59.4 cm³/mol. The number of unbranched alkanes of at least 4 members (excludes halogenated alkanes) is 2. The van der Waals surface area contributed by atoms with Crippen LogP contribution in [-0.4, -0.2) is 34.9 Å². The van der Waals surface area contributed by atoms with Crippen LogP contribution < -0.4 is 5.32 Å². The summed E-state index contributed by atoms with van der Waals surface area (Å²) in [7, 11) is 0. The number of aliphatic hydroxyl groups is 2. The molecule has 15 heavy (non-hydrogen) atoms. The van der Waals surface area contributed by atoms with Crippen molar-refractivity contribution in [2.75, 3.05) is 6.61 Å². The molecule has 0 aromatic carbocycles. The quantitative estimate of drug-likeness (QED) is 0.430. The molecule has 0 unspecified atom stereocenters. The normalized spacial score (nSPS) is 15.2. The average Bonchev–Trinajstić information content (AvgIpc) is 2.20. The van der Waals surface area contributed by atoms with Gasteiger partial charge in [-0.2, -0.15) is 0 Å². The molecule has 88 valence electrons. The van der Waals surface area contributed by atoms with Crippen LogP contribution in [0.5, 0.6) is 0 Å². The lowest BCUT2D eigenvalue weighted by atomic mass is 10.1. The fourth-order valence-electron chi connectivity index (χ4n) is 1.19. The number of carbonyl (C=O) groups excluding carboxylic acids is 1. The van der Waals surface area contributed by atoms with Crippen LogP contribution in [0, 0.1) is 0 Å². The molecular weight excluding hydrogens is 194 g/mol. The molecule has 0 fully saturated rings. The van der Waals surface area contributed by atoms with E-state index < -0.39 is 12.1 Å². The summed E-state index contributed by atoms with van der Waals surface area (Å²) in [6.45, 7) is 3.19. The van der Waals surface area contributed by atoms with Crippen molar-refractivity contribution in [1.82, 2.24) is 5.32 Å². The zero-order chi connectivity index (χ0) is 11.7. The van der Waals surface area contributed by atoms with E-state index in [1.54, 1.807) is 6.08 Å². The monoisotopic (exact) mass is 215 g/mol. The maximum atomic E-state index is 10.7. The standard InChI is InChI=1S/C11H21NO3/c1-3-4-5-6-7-11(15)10(8-13)12-9(2)14/h6-7,10-11,13,15H,3-5,8H2,1-2H3,(H,12,14)/b7-6+/t10-,11+/m0/s1. The molecule has 0 saturated carbocycles. The summed E-state index contributed by atoms with van der Waals surface area (Å²) in [6.07, 6.45) is 5.76. The first-order valence-electron chi connectivity index (χ1n) is 5.34. The summed E-state index contributed by atoms with van der Waals surface area (Å²) in [4.78, 5) is 10.7. The summed E-state index contributed by atoms with van der Waals surface area (Å²) in [5.74, 6) is -0.255. The van der Waals surface area contributed by atoms with Gasteiger partial charge >= 0.3 is 0 Å². The SMILES string of the molecule is CCCC/C=C/[C@@H](O)[C@H](CO)NC(C)=O. The van der Waals surface area contributed by atoms with E-state index >= 15 is 0 Å². The van der Waals surface area contributed by atoms with Gasteiger partial charge in [0.15, 0.2) is 0 Å². The van der Waals surface area contributed by atoms with Crippen LogP contribution in [0.1, 0.15) is 33.1 Å². The molecule has 4 heteroatoms. The second-order valence-electron chi connectivity index (χ2n) is 3.55. The molecule has 0 spiro atoms. The van der Waals surface area contributed by atoms with E-state index in [0.29, 0.717) is 0 Å². The lowest BCUT2D eigenvalue weighted by Crippen LogP contribution is -2.44. The van der Waals surface area contributed by atoms with E-state index in [9.17, 15) is 9.90 Å². The van der Waals surface area contributed by atoms with Crippen LogP contribution in [0.15, 0.2) is 12.2 Å². The minimum absolute atomic E-state index is 0.255. The largest absolute Gasteiger partial charge is 0.394 e. The van der Waals surface area contributed by atoms with Gasteiger partial charge in [-0.15, -0.1) is 0 Å². The average molecular weight is 215 g/mol. The molecule has 0 saturated heterocycles. The van der Waals surface area contributed by atoms with E-state index in [1.807, 2.05) is 6.08 Å². The second kappa shape index (κ2) is 8.44. The van der Waals surface area contributed by atoms with Gasteiger partial charge in [0.2, 0.25) is 5.91 Å². The lowest BCUT2D eigenvalue weighted by molar-refractivity contribution is -0.120. The number of amides is 1. The highest BCUT2D eigenvalue weighted by Crippen LogP contribution is 2.00. The Morgan fingerprint density at radius 2 is 2.20 bits per heavy atom. The van der Waals surface area contributed by atoms with Crippen molar-refractivity contribution in [2.45, 2.75) is 45.3 Å². The van der Waals surface area contributed by atoms with Crippen molar-refractivity contribution in [3.05, 3.63) is 12.2 Å². The number of hydrogen-bond acceptors (Lipinski definition) is 3. The molecule has 3 N–H and O–H groups in total. The number of rotatable bonds is 7. The highest BCUT2D eigenvalue weighted by molar-refractivity contribution is 5.73. The van der Waals surface area contributed by atoms with Crippen molar-refractivity contribution in [3.63, 3.8) is 0 Å². The van der Waals surface area contributed by atoms with Gasteiger partial charge in [-0.25, -0.2) is 0 Å². The van der Waals surface area contributed by atoms with E-state index in [2.05, 4.69) is 12.2 Å². The van der Waals surface area contributed by atoms with Gasteiger partial charge in [0.25, 0.3) is 0 Å². The number of allylic oxidation sites excluding steroid dienone is 1. The molecule has 0 aliphatic carbocycles. The molecule has 4 nitrogen and oxygen atoms in total. The maximum absolute atomic E-state index is 10.7. The van der Waals surface area contributed by atoms with E-state index in [-0.39, 0.29) is 12.5 Å². The Morgan fingerprint density at radius 3 is 2.67 bits per heavy atom. The van der Waals surface area contributed by atoms with Crippen LogP contribution >= 0.6 is 0 Å². The Labute approximate surface area is 91.0 Å². The first-order valence-corrected chi connectivity index (χ1v) is 5.34. The van der Waals surface area contributed by atoms with Gasteiger partial charge in [0, 0.05) is 6.92 Å². The Balaban J connectivity index is 3.97. The van der Waals surface area contributed by atoms with E-state index in [1.165, 1.54) is 6.92 Å². The predicted octanol–water partition coefficient (Wildman–Crippen LogP) is 0.591. The Morgan fingerprint density at radius 1 is 1.53 bits per heavy atom. The molecular formula is C11H21NO3. The Hall–Kier alpha value is -0.870. The first kappa shape index (κ1) is 14.1. The Bertz CT molecular complexity index is 204. The van der Waals surface area contributed by atoms with E-state index in [4.69, 9.17) is 5.11 Å². The number of carbonyl (C=O) groups is 1. The van der Waals surface area contributed by atoms with Crippen LogP contribution in [0.3, 0.4) is 0 Å². The topological polar surface area (TPSA) is 69.6 Å². The molecule has 0 radical (unpaired) electrons. The van der Waals surface area contributed by atoms with Crippen molar-refractivity contribution in [1.29, 1.82) is 0 Å². The molecule has 2 atom stereocenters. The summed E-state index contributed by atoms with van der Waals surface area (Å²) in [5, 5.41) is 21.0. The molecule has 0 bridgehead atoms. The van der Waals surface area contributed by atoms with Gasteiger partial charge in [-0.05, 0) is 6.42 Å². The molecule has 0 aliphatic heterocycles. The fourth-order valence-corrected chi connectivity index (χ4v) is 1.19. The van der Waals surface area contributed by atoms with Gasteiger partial charge < -0.3 is 15.5 Å². The van der Waals surface area contributed by atoms with Crippen LogP contribution in [0.2, 0.25) is 0 Å². The molecule has 0 aromatic heterocycles. The summed E-state index contributed by atoms with van der Waals surface area (Å²) < 4.78 is 0. The Kier molecular flexibility index (Phi) is 7.95. The molecule has 0 aromatic rings. The summed E-state index contributed by atoms with van der Waals surface area (Å²) in [6, 6.07) is -0.611. The summed E-state index contributed by atoms with van der Waals surface area (Å²) >= 11 is 0. The molecule has 0 aliphatic rings. The van der Waals surface area contributed by atoms with Crippen molar-refractivity contribution in [3.8, 4) is 0 Å². The molecule has 1 amide bonds. The third-order valence-corrected chi connectivity index (χ3v) is 2.06. The fraction of sp³-hybridized carbons (Fsp3) is 0.727. The van der Waals surface area contributed by atoms with Gasteiger partial charge in [-0.3, -0.25) is 4.79 Å². The van der Waals surface area contributed by atoms with Gasteiger partial charge in [0.05, 0.1) is 18.8 Å². The maximum Gasteiger partial charge on any atom is 0.217 e. The lowest BCUT2D eigenvalue weighted by Gasteiger charge is -2.18. The van der Waals surface area contributed by atoms with Gasteiger partial charge in [0.1, 0.15) is 0 Å². The van der Waals surface area contributed by atoms with Crippen molar-refractivity contribution >= 4 is 5.91 Å².